The minimum Gasteiger partial charge on any atom is -0.352 e. The average Bonchev–Trinajstić information content (AvgIpc) is 3.01. The van der Waals surface area contributed by atoms with Crippen molar-refractivity contribution < 1.29 is 9.18 Å². The Kier molecular flexibility index (Phi) is 7.38. The van der Waals surface area contributed by atoms with E-state index in [1.54, 1.807) is 24.1 Å². The van der Waals surface area contributed by atoms with E-state index in [4.69, 9.17) is 0 Å². The van der Waals surface area contributed by atoms with E-state index >= 15 is 0 Å². The van der Waals surface area contributed by atoms with Crippen molar-refractivity contribution in [3.63, 3.8) is 0 Å². The van der Waals surface area contributed by atoms with E-state index in [0.717, 1.165) is 11.3 Å². The summed E-state index contributed by atoms with van der Waals surface area (Å²) in [7, 11) is 1.69. The minimum absolute atomic E-state index is 0. The van der Waals surface area contributed by atoms with Gasteiger partial charge < -0.3 is 15.5 Å². The van der Waals surface area contributed by atoms with Gasteiger partial charge in [0.25, 0.3) is 0 Å². The fourth-order valence-electron chi connectivity index (χ4n) is 2.84. The van der Waals surface area contributed by atoms with Crippen molar-refractivity contribution >= 4 is 41.5 Å². The first kappa shape index (κ1) is 20.2. The van der Waals surface area contributed by atoms with Gasteiger partial charge in [-0.15, -0.1) is 24.0 Å². The third-order valence-electron chi connectivity index (χ3n) is 4.13. The van der Waals surface area contributed by atoms with Crippen LogP contribution in [0, 0.1) is 5.82 Å². The van der Waals surface area contributed by atoms with Crippen LogP contribution in [0.5, 0.6) is 0 Å². The molecule has 0 aromatic heterocycles. The Bertz CT molecular complexity index is 752. The van der Waals surface area contributed by atoms with E-state index < -0.39 is 0 Å². The number of amides is 1. The number of hydrogen-bond acceptors (Lipinski definition) is 2. The molecule has 0 radical (unpaired) electrons. The normalized spacial score (nSPS) is 17.0. The number of halogens is 2. The van der Waals surface area contributed by atoms with Gasteiger partial charge in [0.15, 0.2) is 5.96 Å². The minimum atomic E-state index is -0.253. The molecule has 1 atom stereocenters. The van der Waals surface area contributed by atoms with Gasteiger partial charge >= 0.3 is 0 Å². The first-order chi connectivity index (χ1) is 12.2. The van der Waals surface area contributed by atoms with Crippen molar-refractivity contribution in [2.24, 2.45) is 4.99 Å². The van der Waals surface area contributed by atoms with Gasteiger partial charge in [0.2, 0.25) is 5.91 Å². The molecule has 1 aliphatic heterocycles. The predicted molar refractivity (Wildman–Crippen MR) is 112 cm³/mol. The molecule has 1 aliphatic rings. The molecular weight excluding hydrogens is 446 g/mol. The summed E-state index contributed by atoms with van der Waals surface area (Å²) >= 11 is 0. The monoisotopic (exact) mass is 468 g/mol. The summed E-state index contributed by atoms with van der Waals surface area (Å²) in [6.45, 7) is 1.13. The van der Waals surface area contributed by atoms with Crippen LogP contribution in [0.1, 0.15) is 12.0 Å². The largest absolute Gasteiger partial charge is 0.352 e. The summed E-state index contributed by atoms with van der Waals surface area (Å²) in [5.41, 5.74) is 1.86. The molecule has 138 valence electrons. The van der Waals surface area contributed by atoms with Gasteiger partial charge in [0.1, 0.15) is 5.82 Å². The van der Waals surface area contributed by atoms with Crippen molar-refractivity contribution in [1.29, 1.82) is 0 Å². The number of guanidine groups is 1. The summed E-state index contributed by atoms with van der Waals surface area (Å²) in [5.74, 6) is 0.464. The summed E-state index contributed by atoms with van der Waals surface area (Å²) in [6.07, 6.45) is 0.423. The zero-order valence-electron chi connectivity index (χ0n) is 14.5. The number of benzene rings is 2. The molecule has 2 aromatic carbocycles. The van der Waals surface area contributed by atoms with Gasteiger partial charge in [-0.2, -0.15) is 0 Å². The van der Waals surface area contributed by atoms with Gasteiger partial charge in [-0.3, -0.25) is 9.79 Å². The molecule has 1 unspecified atom stereocenters. The second-order valence-corrected chi connectivity index (χ2v) is 5.94. The highest BCUT2D eigenvalue weighted by Crippen LogP contribution is 2.20. The van der Waals surface area contributed by atoms with Crippen LogP contribution in [0.25, 0.3) is 0 Å². The second-order valence-electron chi connectivity index (χ2n) is 5.94. The Hall–Kier alpha value is -2.16. The molecular formula is C19H22FIN4O. The van der Waals surface area contributed by atoms with E-state index in [1.165, 1.54) is 12.1 Å². The second kappa shape index (κ2) is 9.51. The van der Waals surface area contributed by atoms with E-state index in [9.17, 15) is 9.18 Å². The van der Waals surface area contributed by atoms with E-state index in [0.29, 0.717) is 25.5 Å². The number of nitrogens with one attached hydrogen (secondary N) is 2. The summed E-state index contributed by atoms with van der Waals surface area (Å²) in [4.78, 5) is 18.2. The Morgan fingerprint density at radius 1 is 1.19 bits per heavy atom. The maximum absolute atomic E-state index is 12.9. The van der Waals surface area contributed by atoms with Crippen molar-refractivity contribution in [3.05, 3.63) is 66.0 Å². The number of nitrogens with zero attached hydrogens (tertiary/aromatic N) is 2. The molecule has 0 aliphatic carbocycles. The fraction of sp³-hybridized carbons (Fsp3) is 0.263. The van der Waals surface area contributed by atoms with Crippen molar-refractivity contribution in [2.45, 2.75) is 19.0 Å². The first-order valence-corrected chi connectivity index (χ1v) is 8.23. The number of para-hydroxylation sites is 1. The molecule has 0 spiro atoms. The van der Waals surface area contributed by atoms with Gasteiger partial charge in [-0.1, -0.05) is 30.3 Å². The lowest BCUT2D eigenvalue weighted by Crippen LogP contribution is -2.44. The lowest BCUT2D eigenvalue weighted by Gasteiger charge is -2.19. The molecule has 1 heterocycles. The van der Waals surface area contributed by atoms with E-state index in [2.05, 4.69) is 15.6 Å². The zero-order chi connectivity index (χ0) is 17.6. The van der Waals surface area contributed by atoms with Crippen LogP contribution in [0.15, 0.2) is 59.6 Å². The predicted octanol–water partition coefficient (Wildman–Crippen LogP) is 2.91. The number of anilines is 1. The maximum atomic E-state index is 12.9. The van der Waals surface area contributed by atoms with Crippen LogP contribution >= 0.6 is 24.0 Å². The van der Waals surface area contributed by atoms with Crippen LogP contribution in [-0.2, 0) is 11.3 Å². The highest BCUT2D eigenvalue weighted by Gasteiger charge is 2.30. The van der Waals surface area contributed by atoms with Crippen molar-refractivity contribution in [1.82, 2.24) is 10.6 Å². The molecule has 1 saturated heterocycles. The van der Waals surface area contributed by atoms with E-state index in [1.807, 2.05) is 30.3 Å². The summed E-state index contributed by atoms with van der Waals surface area (Å²) < 4.78 is 12.9. The van der Waals surface area contributed by atoms with Crippen LogP contribution in [0.4, 0.5) is 10.1 Å². The summed E-state index contributed by atoms with van der Waals surface area (Å²) in [6, 6.07) is 16.0. The van der Waals surface area contributed by atoms with Gasteiger partial charge in [0.05, 0.1) is 6.04 Å². The lowest BCUT2D eigenvalue weighted by molar-refractivity contribution is -0.117. The van der Waals surface area contributed by atoms with Crippen molar-refractivity contribution in [2.75, 3.05) is 18.5 Å². The smallest absolute Gasteiger partial charge is 0.229 e. The number of carbonyl (C=O) groups is 1. The number of hydrogen-bond donors (Lipinski definition) is 2. The lowest BCUT2D eigenvalue weighted by atomic mass is 10.2. The standard InChI is InChI=1S/C19H21FN4O.HI/c1-21-19(22-12-14-7-9-15(20)10-8-14)23-16-11-18(25)24(13-16)17-5-3-2-4-6-17;/h2-10,16H,11-13H2,1H3,(H2,21,22,23);1H. The van der Waals surface area contributed by atoms with Crippen LogP contribution in [-0.4, -0.2) is 31.5 Å². The first-order valence-electron chi connectivity index (χ1n) is 8.23. The molecule has 2 aromatic rings. The third kappa shape index (κ3) is 5.17. The average molecular weight is 468 g/mol. The Balaban J connectivity index is 0.00000243. The number of aliphatic imine (C=N–C) groups is 1. The zero-order valence-corrected chi connectivity index (χ0v) is 16.8. The molecule has 0 saturated carbocycles. The molecule has 5 nitrogen and oxygen atoms in total. The Morgan fingerprint density at radius 3 is 2.54 bits per heavy atom. The van der Waals surface area contributed by atoms with Gasteiger partial charge in [-0.05, 0) is 29.8 Å². The highest BCUT2D eigenvalue weighted by atomic mass is 127. The van der Waals surface area contributed by atoms with Gasteiger partial charge in [-0.25, -0.2) is 4.39 Å². The summed E-state index contributed by atoms with van der Waals surface area (Å²) in [5, 5.41) is 6.47. The Labute approximate surface area is 169 Å². The van der Waals surface area contributed by atoms with E-state index in [-0.39, 0.29) is 41.7 Å². The third-order valence-corrected chi connectivity index (χ3v) is 4.13. The molecule has 7 heteroatoms. The topological polar surface area (TPSA) is 56.7 Å². The SMILES string of the molecule is CN=C(NCc1ccc(F)cc1)NC1CC(=O)N(c2ccccc2)C1.I. The van der Waals surface area contributed by atoms with Crippen LogP contribution < -0.4 is 15.5 Å². The van der Waals surface area contributed by atoms with Crippen LogP contribution in [0.3, 0.4) is 0 Å². The number of rotatable bonds is 4. The molecule has 0 bridgehead atoms. The quantitative estimate of drug-likeness (QED) is 0.413. The highest BCUT2D eigenvalue weighted by molar-refractivity contribution is 14.0. The fourth-order valence-corrected chi connectivity index (χ4v) is 2.84. The molecule has 26 heavy (non-hydrogen) atoms. The molecule has 1 amide bonds. The Morgan fingerprint density at radius 2 is 1.88 bits per heavy atom. The number of carbonyl (C=O) groups excluding carboxylic acids is 1. The van der Waals surface area contributed by atoms with Crippen molar-refractivity contribution in [3.8, 4) is 0 Å². The molecule has 2 N–H and O–H groups in total. The van der Waals surface area contributed by atoms with Crippen LogP contribution in [0.2, 0.25) is 0 Å². The molecule has 1 fully saturated rings. The molecule has 3 rings (SSSR count). The maximum Gasteiger partial charge on any atom is 0.229 e. The van der Waals surface area contributed by atoms with Gasteiger partial charge in [0, 0.05) is 32.2 Å².